The fourth-order valence-corrected chi connectivity index (χ4v) is 3.29. The third kappa shape index (κ3) is 2.92. The summed E-state index contributed by atoms with van der Waals surface area (Å²) in [5.41, 5.74) is 0. The van der Waals surface area contributed by atoms with Crippen molar-refractivity contribution in [2.24, 2.45) is 0 Å². The van der Waals surface area contributed by atoms with E-state index in [4.69, 9.17) is 11.6 Å². The first-order valence-electron chi connectivity index (χ1n) is 5.64. The molecule has 0 N–H and O–H groups in total. The maximum atomic E-state index is 5.84. The second kappa shape index (κ2) is 5.28. The Labute approximate surface area is 100 Å². The second-order valence-corrected chi connectivity index (χ2v) is 5.81. The van der Waals surface area contributed by atoms with E-state index >= 15 is 0 Å². The minimum Gasteiger partial charge on any atom is -0.295 e. The summed E-state index contributed by atoms with van der Waals surface area (Å²) >= 11 is 7.44. The Hall–Kier alpha value is -0.120. The van der Waals surface area contributed by atoms with E-state index < -0.39 is 0 Å². The SMILES string of the molecule is CC[C@H]1CCCCN1Cc1cnc(Cl)s1. The van der Waals surface area contributed by atoms with Gasteiger partial charge in [0.15, 0.2) is 4.47 Å². The highest BCUT2D eigenvalue weighted by molar-refractivity contribution is 7.15. The molecule has 1 aliphatic rings. The lowest BCUT2D eigenvalue weighted by molar-refractivity contribution is 0.137. The van der Waals surface area contributed by atoms with Crippen molar-refractivity contribution in [3.8, 4) is 0 Å². The maximum Gasteiger partial charge on any atom is 0.183 e. The van der Waals surface area contributed by atoms with Crippen LogP contribution in [0, 0.1) is 0 Å². The molecule has 0 aliphatic carbocycles. The zero-order valence-corrected chi connectivity index (χ0v) is 10.7. The topological polar surface area (TPSA) is 16.1 Å². The van der Waals surface area contributed by atoms with Gasteiger partial charge in [-0.1, -0.05) is 24.9 Å². The molecule has 0 bridgehead atoms. The first-order valence-corrected chi connectivity index (χ1v) is 6.83. The predicted octanol–water partition coefficient (Wildman–Crippen LogP) is 3.56. The monoisotopic (exact) mass is 244 g/mol. The van der Waals surface area contributed by atoms with Crippen LogP contribution in [0.1, 0.15) is 37.5 Å². The van der Waals surface area contributed by atoms with E-state index in [0.717, 1.165) is 12.6 Å². The number of likely N-dealkylation sites (tertiary alicyclic amines) is 1. The van der Waals surface area contributed by atoms with Crippen LogP contribution in [0.25, 0.3) is 0 Å². The van der Waals surface area contributed by atoms with Crippen molar-refractivity contribution in [3.05, 3.63) is 15.5 Å². The van der Waals surface area contributed by atoms with Crippen LogP contribution in [-0.2, 0) is 6.54 Å². The summed E-state index contributed by atoms with van der Waals surface area (Å²) in [4.78, 5) is 7.96. The number of aromatic nitrogens is 1. The number of halogens is 1. The number of piperidine rings is 1. The normalized spacial score (nSPS) is 23.2. The third-order valence-electron chi connectivity index (χ3n) is 3.10. The Morgan fingerprint density at radius 2 is 2.47 bits per heavy atom. The predicted molar refractivity (Wildman–Crippen MR) is 65.5 cm³/mol. The van der Waals surface area contributed by atoms with Crippen molar-refractivity contribution in [1.82, 2.24) is 9.88 Å². The largest absolute Gasteiger partial charge is 0.295 e. The van der Waals surface area contributed by atoms with E-state index in [1.165, 1.54) is 37.1 Å². The summed E-state index contributed by atoms with van der Waals surface area (Å²) in [7, 11) is 0. The van der Waals surface area contributed by atoms with Crippen LogP contribution in [0.15, 0.2) is 6.20 Å². The molecule has 1 saturated heterocycles. The Bertz CT molecular complexity index is 313. The number of hydrogen-bond donors (Lipinski definition) is 0. The molecule has 0 saturated carbocycles. The van der Waals surface area contributed by atoms with Crippen LogP contribution in [-0.4, -0.2) is 22.5 Å². The molecule has 15 heavy (non-hydrogen) atoms. The van der Waals surface area contributed by atoms with Crippen molar-refractivity contribution in [1.29, 1.82) is 0 Å². The average Bonchev–Trinajstić information content (AvgIpc) is 2.65. The zero-order valence-electron chi connectivity index (χ0n) is 9.08. The summed E-state index contributed by atoms with van der Waals surface area (Å²) in [6.07, 6.45) is 7.24. The molecule has 84 valence electrons. The summed E-state index contributed by atoms with van der Waals surface area (Å²) in [5.74, 6) is 0. The van der Waals surface area contributed by atoms with E-state index in [9.17, 15) is 0 Å². The lowest BCUT2D eigenvalue weighted by atomic mass is 10.0. The van der Waals surface area contributed by atoms with Crippen molar-refractivity contribution < 1.29 is 0 Å². The summed E-state index contributed by atoms with van der Waals surface area (Å²) < 4.78 is 0.662. The van der Waals surface area contributed by atoms with Crippen LogP contribution in [0.5, 0.6) is 0 Å². The summed E-state index contributed by atoms with van der Waals surface area (Å²) in [6, 6.07) is 0.764. The number of hydrogen-bond acceptors (Lipinski definition) is 3. The standard InChI is InChI=1S/C11H17ClN2S/c1-2-9-5-3-4-6-14(9)8-10-7-13-11(12)15-10/h7,9H,2-6,8H2,1H3/t9-/m0/s1. The molecule has 1 aromatic rings. The van der Waals surface area contributed by atoms with Gasteiger partial charge < -0.3 is 0 Å². The third-order valence-corrected chi connectivity index (χ3v) is 4.20. The van der Waals surface area contributed by atoms with Gasteiger partial charge in [0.05, 0.1) is 0 Å². The molecular formula is C11H17ClN2S. The van der Waals surface area contributed by atoms with Crippen LogP contribution >= 0.6 is 22.9 Å². The van der Waals surface area contributed by atoms with Gasteiger partial charge in [-0.3, -0.25) is 4.90 Å². The highest BCUT2D eigenvalue weighted by Crippen LogP contribution is 2.25. The van der Waals surface area contributed by atoms with Crippen molar-refractivity contribution in [2.45, 2.75) is 45.2 Å². The van der Waals surface area contributed by atoms with Crippen molar-refractivity contribution >= 4 is 22.9 Å². The van der Waals surface area contributed by atoms with Gasteiger partial charge in [0.25, 0.3) is 0 Å². The van der Waals surface area contributed by atoms with Gasteiger partial charge in [-0.25, -0.2) is 4.98 Å². The quantitative estimate of drug-likeness (QED) is 0.808. The second-order valence-electron chi connectivity index (χ2n) is 4.11. The summed E-state index contributed by atoms with van der Waals surface area (Å²) in [5, 5.41) is 0. The minimum absolute atomic E-state index is 0.662. The average molecular weight is 245 g/mol. The molecule has 0 unspecified atom stereocenters. The van der Waals surface area contributed by atoms with Crippen molar-refractivity contribution in [3.63, 3.8) is 0 Å². The molecule has 1 aliphatic heterocycles. The molecule has 0 amide bonds. The van der Waals surface area contributed by atoms with Gasteiger partial charge in [-0.15, -0.1) is 11.3 Å². The smallest absolute Gasteiger partial charge is 0.183 e. The minimum atomic E-state index is 0.662. The Balaban J connectivity index is 1.97. The van der Waals surface area contributed by atoms with Crippen LogP contribution in [0.2, 0.25) is 4.47 Å². The Kier molecular flexibility index (Phi) is 4.00. The van der Waals surface area contributed by atoms with Gasteiger partial charge >= 0.3 is 0 Å². The summed E-state index contributed by atoms with van der Waals surface area (Å²) in [6.45, 7) is 4.54. The highest BCUT2D eigenvalue weighted by atomic mass is 35.5. The number of rotatable bonds is 3. The van der Waals surface area contributed by atoms with Gasteiger partial charge in [0.1, 0.15) is 0 Å². The number of thiazole rings is 1. The van der Waals surface area contributed by atoms with Gasteiger partial charge in [-0.2, -0.15) is 0 Å². The molecule has 0 radical (unpaired) electrons. The molecular weight excluding hydrogens is 228 g/mol. The first kappa shape index (κ1) is 11.4. The van der Waals surface area contributed by atoms with E-state index in [2.05, 4.69) is 16.8 Å². The fraction of sp³-hybridized carbons (Fsp3) is 0.727. The van der Waals surface area contributed by atoms with Crippen LogP contribution in [0.4, 0.5) is 0 Å². The molecule has 1 fully saturated rings. The lowest BCUT2D eigenvalue weighted by Crippen LogP contribution is -2.38. The molecule has 2 nitrogen and oxygen atoms in total. The van der Waals surface area contributed by atoms with Crippen LogP contribution in [0.3, 0.4) is 0 Å². The molecule has 2 rings (SSSR count). The Morgan fingerprint density at radius 3 is 3.13 bits per heavy atom. The Morgan fingerprint density at radius 1 is 1.60 bits per heavy atom. The lowest BCUT2D eigenvalue weighted by Gasteiger charge is -2.34. The fourth-order valence-electron chi connectivity index (χ4n) is 2.29. The molecule has 0 spiro atoms. The molecule has 4 heteroatoms. The zero-order chi connectivity index (χ0) is 10.7. The first-order chi connectivity index (χ1) is 7.29. The van der Waals surface area contributed by atoms with Gasteiger partial charge in [0, 0.05) is 23.7 Å². The van der Waals surface area contributed by atoms with Crippen LogP contribution < -0.4 is 0 Å². The van der Waals surface area contributed by atoms with Gasteiger partial charge in [-0.05, 0) is 25.8 Å². The molecule has 0 aromatic carbocycles. The molecule has 1 aromatic heterocycles. The van der Waals surface area contributed by atoms with E-state index in [-0.39, 0.29) is 0 Å². The van der Waals surface area contributed by atoms with E-state index in [0.29, 0.717) is 4.47 Å². The van der Waals surface area contributed by atoms with E-state index in [1.807, 2.05) is 6.20 Å². The van der Waals surface area contributed by atoms with Gasteiger partial charge in [0.2, 0.25) is 0 Å². The molecule has 2 heterocycles. The number of nitrogens with zero attached hydrogens (tertiary/aromatic N) is 2. The van der Waals surface area contributed by atoms with E-state index in [1.54, 1.807) is 11.3 Å². The van der Waals surface area contributed by atoms with Crippen molar-refractivity contribution in [2.75, 3.05) is 6.54 Å². The highest BCUT2D eigenvalue weighted by Gasteiger charge is 2.21. The molecule has 1 atom stereocenters. The maximum absolute atomic E-state index is 5.84.